The van der Waals surface area contributed by atoms with E-state index in [2.05, 4.69) is 0 Å². The van der Waals surface area contributed by atoms with Crippen molar-refractivity contribution in [1.82, 2.24) is 0 Å². The Morgan fingerprint density at radius 1 is 1.00 bits per heavy atom. The SMILES string of the molecule is O=CC1CC2CCC(C1)C2. The van der Waals surface area contributed by atoms with Gasteiger partial charge in [0.05, 0.1) is 0 Å². The minimum absolute atomic E-state index is 0.422. The van der Waals surface area contributed by atoms with E-state index in [1.807, 2.05) is 0 Å². The molecule has 2 aliphatic carbocycles. The summed E-state index contributed by atoms with van der Waals surface area (Å²) >= 11 is 0. The van der Waals surface area contributed by atoms with Crippen LogP contribution in [0.4, 0.5) is 0 Å². The van der Waals surface area contributed by atoms with Crippen molar-refractivity contribution in [2.24, 2.45) is 17.8 Å². The van der Waals surface area contributed by atoms with Gasteiger partial charge in [0.2, 0.25) is 0 Å². The van der Waals surface area contributed by atoms with Gasteiger partial charge in [-0.3, -0.25) is 0 Å². The van der Waals surface area contributed by atoms with Crippen molar-refractivity contribution in [2.45, 2.75) is 32.1 Å². The normalized spacial score (nSPS) is 45.4. The van der Waals surface area contributed by atoms with Crippen molar-refractivity contribution in [1.29, 1.82) is 0 Å². The summed E-state index contributed by atoms with van der Waals surface area (Å²) < 4.78 is 0. The van der Waals surface area contributed by atoms with Gasteiger partial charge in [-0.15, -0.1) is 0 Å². The monoisotopic (exact) mass is 138 g/mol. The highest BCUT2D eigenvalue weighted by Crippen LogP contribution is 2.43. The Bertz CT molecular complexity index is 130. The van der Waals surface area contributed by atoms with Gasteiger partial charge in [-0.05, 0) is 31.1 Å². The van der Waals surface area contributed by atoms with E-state index in [4.69, 9.17) is 0 Å². The van der Waals surface area contributed by atoms with Crippen LogP contribution in [-0.2, 0) is 4.79 Å². The molecule has 56 valence electrons. The number of aldehydes is 1. The zero-order valence-electron chi connectivity index (χ0n) is 6.25. The predicted molar refractivity (Wildman–Crippen MR) is 39.6 cm³/mol. The van der Waals surface area contributed by atoms with Crippen LogP contribution in [0.1, 0.15) is 32.1 Å². The van der Waals surface area contributed by atoms with Crippen LogP contribution < -0.4 is 0 Å². The van der Waals surface area contributed by atoms with Crippen LogP contribution in [0.3, 0.4) is 0 Å². The van der Waals surface area contributed by atoms with Crippen molar-refractivity contribution in [3.8, 4) is 0 Å². The second kappa shape index (κ2) is 2.37. The average molecular weight is 138 g/mol. The van der Waals surface area contributed by atoms with Gasteiger partial charge in [-0.1, -0.05) is 12.8 Å². The first kappa shape index (κ1) is 6.38. The van der Waals surface area contributed by atoms with E-state index < -0.39 is 0 Å². The molecule has 2 saturated carbocycles. The molecule has 0 radical (unpaired) electrons. The fraction of sp³-hybridized carbons (Fsp3) is 0.889. The van der Waals surface area contributed by atoms with Gasteiger partial charge in [-0.2, -0.15) is 0 Å². The van der Waals surface area contributed by atoms with Gasteiger partial charge in [0, 0.05) is 5.92 Å². The van der Waals surface area contributed by atoms with Crippen molar-refractivity contribution in [3.05, 3.63) is 0 Å². The maximum atomic E-state index is 10.5. The van der Waals surface area contributed by atoms with Gasteiger partial charge in [0.25, 0.3) is 0 Å². The van der Waals surface area contributed by atoms with Crippen molar-refractivity contribution in [2.75, 3.05) is 0 Å². The Hall–Kier alpha value is -0.330. The molecule has 0 N–H and O–H groups in total. The second-order valence-electron chi connectivity index (χ2n) is 3.91. The number of hydrogen-bond donors (Lipinski definition) is 0. The smallest absolute Gasteiger partial charge is 0.123 e. The topological polar surface area (TPSA) is 17.1 Å². The van der Waals surface area contributed by atoms with Crippen LogP contribution in [0, 0.1) is 17.8 Å². The molecule has 2 unspecified atom stereocenters. The average Bonchev–Trinajstić information content (AvgIpc) is 2.30. The van der Waals surface area contributed by atoms with E-state index in [9.17, 15) is 4.79 Å². The highest BCUT2D eigenvalue weighted by Gasteiger charge is 2.33. The lowest BCUT2D eigenvalue weighted by Crippen LogP contribution is -2.16. The van der Waals surface area contributed by atoms with Crippen LogP contribution in [0.5, 0.6) is 0 Å². The molecule has 2 fully saturated rings. The molecular formula is C9H14O. The van der Waals surface area contributed by atoms with Crippen LogP contribution in [0.15, 0.2) is 0 Å². The molecule has 2 bridgehead atoms. The lowest BCUT2D eigenvalue weighted by atomic mass is 9.82. The number of fused-ring (bicyclic) bond motifs is 2. The highest BCUT2D eigenvalue weighted by molar-refractivity contribution is 5.53. The van der Waals surface area contributed by atoms with Gasteiger partial charge in [0.1, 0.15) is 6.29 Å². The first-order valence-electron chi connectivity index (χ1n) is 4.34. The fourth-order valence-electron chi connectivity index (χ4n) is 2.67. The van der Waals surface area contributed by atoms with Crippen molar-refractivity contribution >= 4 is 6.29 Å². The second-order valence-corrected chi connectivity index (χ2v) is 3.91. The van der Waals surface area contributed by atoms with Gasteiger partial charge in [0.15, 0.2) is 0 Å². The van der Waals surface area contributed by atoms with E-state index in [1.54, 1.807) is 0 Å². The summed E-state index contributed by atoms with van der Waals surface area (Å²) in [6, 6.07) is 0. The number of carbonyl (C=O) groups is 1. The minimum atomic E-state index is 0.422. The van der Waals surface area contributed by atoms with E-state index in [-0.39, 0.29) is 0 Å². The molecule has 0 amide bonds. The van der Waals surface area contributed by atoms with E-state index in [1.165, 1.54) is 38.4 Å². The Morgan fingerprint density at radius 2 is 1.60 bits per heavy atom. The van der Waals surface area contributed by atoms with Crippen LogP contribution in [0.25, 0.3) is 0 Å². The molecule has 2 rings (SSSR count). The molecule has 0 heterocycles. The molecule has 2 aliphatic rings. The summed E-state index contributed by atoms with van der Waals surface area (Å²) in [6.07, 6.45) is 7.78. The number of carbonyl (C=O) groups excluding carboxylic acids is 1. The third kappa shape index (κ3) is 0.979. The zero-order valence-corrected chi connectivity index (χ0v) is 6.25. The summed E-state index contributed by atoms with van der Waals surface area (Å²) in [5.74, 6) is 2.24. The van der Waals surface area contributed by atoms with E-state index in [0.717, 1.165) is 11.8 Å². The highest BCUT2D eigenvalue weighted by atomic mass is 16.1. The first-order chi connectivity index (χ1) is 4.88. The van der Waals surface area contributed by atoms with Gasteiger partial charge >= 0.3 is 0 Å². The molecule has 0 aromatic carbocycles. The van der Waals surface area contributed by atoms with Crippen molar-refractivity contribution in [3.63, 3.8) is 0 Å². The van der Waals surface area contributed by atoms with E-state index in [0.29, 0.717) is 5.92 Å². The molecule has 2 atom stereocenters. The number of hydrogen-bond acceptors (Lipinski definition) is 1. The molecular weight excluding hydrogens is 124 g/mol. The van der Waals surface area contributed by atoms with Gasteiger partial charge < -0.3 is 4.79 Å². The Balaban J connectivity index is 2.02. The zero-order chi connectivity index (χ0) is 6.97. The maximum Gasteiger partial charge on any atom is 0.123 e. The summed E-state index contributed by atoms with van der Waals surface area (Å²) in [6.45, 7) is 0. The third-order valence-electron chi connectivity index (χ3n) is 3.11. The van der Waals surface area contributed by atoms with Crippen LogP contribution in [0.2, 0.25) is 0 Å². The molecule has 0 aromatic rings. The molecule has 0 aromatic heterocycles. The summed E-state index contributed by atoms with van der Waals surface area (Å²) in [5.41, 5.74) is 0. The molecule has 10 heavy (non-hydrogen) atoms. The first-order valence-corrected chi connectivity index (χ1v) is 4.34. The van der Waals surface area contributed by atoms with Crippen molar-refractivity contribution < 1.29 is 4.79 Å². The van der Waals surface area contributed by atoms with Crippen LogP contribution >= 0.6 is 0 Å². The lowest BCUT2D eigenvalue weighted by molar-refractivity contribution is -0.112. The third-order valence-corrected chi connectivity index (χ3v) is 3.11. The lowest BCUT2D eigenvalue weighted by Gasteiger charge is -2.22. The summed E-state index contributed by atoms with van der Waals surface area (Å²) in [5, 5.41) is 0. The summed E-state index contributed by atoms with van der Waals surface area (Å²) in [4.78, 5) is 10.5. The molecule has 0 spiro atoms. The quantitative estimate of drug-likeness (QED) is 0.506. The Morgan fingerprint density at radius 3 is 2.10 bits per heavy atom. The molecule has 1 heteroatoms. The summed E-state index contributed by atoms with van der Waals surface area (Å²) in [7, 11) is 0. The number of rotatable bonds is 1. The minimum Gasteiger partial charge on any atom is -0.303 e. The van der Waals surface area contributed by atoms with E-state index >= 15 is 0 Å². The Labute approximate surface area is 61.8 Å². The standard InChI is InChI=1S/C9H14O/c10-6-9-4-7-1-2-8(3-7)5-9/h6-9H,1-5H2. The largest absolute Gasteiger partial charge is 0.303 e. The van der Waals surface area contributed by atoms with Crippen LogP contribution in [-0.4, -0.2) is 6.29 Å². The fourth-order valence-corrected chi connectivity index (χ4v) is 2.67. The van der Waals surface area contributed by atoms with Gasteiger partial charge in [-0.25, -0.2) is 0 Å². The molecule has 0 saturated heterocycles. The maximum absolute atomic E-state index is 10.5. The molecule has 1 nitrogen and oxygen atoms in total. The predicted octanol–water partition coefficient (Wildman–Crippen LogP) is 2.01. The Kier molecular flexibility index (Phi) is 1.51. The molecule has 0 aliphatic heterocycles.